The first-order valence-corrected chi connectivity index (χ1v) is 9.57. The van der Waals surface area contributed by atoms with E-state index in [1.54, 1.807) is 24.3 Å². The molecule has 1 aromatic carbocycles. The molecule has 1 aromatic rings. The van der Waals surface area contributed by atoms with E-state index in [2.05, 4.69) is 20.5 Å². The molecule has 28 heavy (non-hydrogen) atoms. The summed E-state index contributed by atoms with van der Waals surface area (Å²) >= 11 is 5.83. The predicted molar refractivity (Wildman–Crippen MR) is 121 cm³/mol. The highest BCUT2D eigenvalue weighted by atomic mass is 127. The third-order valence-corrected chi connectivity index (χ3v) is 4.68. The summed E-state index contributed by atoms with van der Waals surface area (Å²) in [7, 11) is 1.43. The van der Waals surface area contributed by atoms with Gasteiger partial charge in [-0.15, -0.1) is 24.0 Å². The van der Waals surface area contributed by atoms with E-state index in [0.717, 1.165) is 38.4 Å². The number of carbonyl (C=O) groups excluding carboxylic acids is 2. The Bertz CT molecular complexity index is 662. The molecule has 2 N–H and O–H groups in total. The lowest BCUT2D eigenvalue weighted by molar-refractivity contribution is -0.146. The molecule has 1 fully saturated rings. The Morgan fingerprint density at radius 2 is 1.86 bits per heavy atom. The Kier molecular flexibility index (Phi) is 11.2. The van der Waals surface area contributed by atoms with Crippen molar-refractivity contribution in [3.63, 3.8) is 0 Å². The number of carbonyl (C=O) groups is 2. The van der Waals surface area contributed by atoms with Gasteiger partial charge < -0.3 is 20.3 Å². The first kappa shape index (κ1) is 24.5. The van der Waals surface area contributed by atoms with Crippen molar-refractivity contribution in [2.45, 2.75) is 19.8 Å². The zero-order valence-electron chi connectivity index (χ0n) is 16.2. The van der Waals surface area contributed by atoms with Crippen molar-refractivity contribution < 1.29 is 14.3 Å². The number of esters is 1. The fourth-order valence-electron chi connectivity index (χ4n) is 2.95. The highest BCUT2D eigenvalue weighted by Crippen LogP contribution is 2.18. The Hall–Kier alpha value is -1.55. The molecule has 0 atom stereocenters. The van der Waals surface area contributed by atoms with Crippen LogP contribution < -0.4 is 10.6 Å². The average Bonchev–Trinajstić information content (AvgIpc) is 2.70. The second-order valence-electron chi connectivity index (χ2n) is 6.28. The maximum Gasteiger partial charge on any atom is 0.308 e. The summed E-state index contributed by atoms with van der Waals surface area (Å²) in [5.74, 6) is 0.488. The molecular formula is C19H28ClIN4O3. The highest BCUT2D eigenvalue weighted by Gasteiger charge is 2.26. The Balaban J connectivity index is 0.00000392. The largest absolute Gasteiger partial charge is 0.469 e. The standard InChI is InChI=1S/C19H27ClN4O3.HI/c1-3-21-19(24-12-8-15(9-13-24)18(26)27-2)23-11-10-22-17(25)14-4-6-16(20)7-5-14;/h4-7,15H,3,8-13H2,1-2H3,(H,21,23)(H,22,25);1H. The molecule has 1 aliphatic heterocycles. The third-order valence-electron chi connectivity index (χ3n) is 4.43. The van der Waals surface area contributed by atoms with Crippen molar-refractivity contribution in [2.75, 3.05) is 39.8 Å². The number of amides is 1. The molecule has 9 heteroatoms. The van der Waals surface area contributed by atoms with Crippen LogP contribution in [-0.2, 0) is 9.53 Å². The van der Waals surface area contributed by atoms with E-state index in [1.807, 2.05) is 6.92 Å². The Morgan fingerprint density at radius 1 is 1.21 bits per heavy atom. The molecule has 0 saturated carbocycles. The van der Waals surface area contributed by atoms with Gasteiger partial charge in [0.1, 0.15) is 0 Å². The van der Waals surface area contributed by atoms with Crippen molar-refractivity contribution in [2.24, 2.45) is 10.9 Å². The van der Waals surface area contributed by atoms with Crippen molar-refractivity contribution in [3.05, 3.63) is 34.9 Å². The number of nitrogens with one attached hydrogen (secondary N) is 2. The lowest BCUT2D eigenvalue weighted by Gasteiger charge is -2.33. The molecule has 1 heterocycles. The quantitative estimate of drug-likeness (QED) is 0.197. The molecule has 1 saturated heterocycles. The number of rotatable bonds is 6. The van der Waals surface area contributed by atoms with Gasteiger partial charge in [0.25, 0.3) is 5.91 Å². The molecule has 156 valence electrons. The summed E-state index contributed by atoms with van der Waals surface area (Å²) in [6.07, 6.45) is 1.51. The topological polar surface area (TPSA) is 83.0 Å². The van der Waals surface area contributed by atoms with Crippen molar-refractivity contribution in [1.82, 2.24) is 15.5 Å². The number of aliphatic imine (C=N–C) groups is 1. The summed E-state index contributed by atoms with van der Waals surface area (Å²) in [4.78, 5) is 30.5. The van der Waals surface area contributed by atoms with Crippen LogP contribution >= 0.6 is 35.6 Å². The Morgan fingerprint density at radius 3 is 2.43 bits per heavy atom. The van der Waals surface area contributed by atoms with E-state index in [4.69, 9.17) is 16.3 Å². The van der Waals surface area contributed by atoms with E-state index < -0.39 is 0 Å². The van der Waals surface area contributed by atoms with Crippen LogP contribution in [0.4, 0.5) is 0 Å². The first-order valence-electron chi connectivity index (χ1n) is 9.20. The molecule has 1 amide bonds. The van der Waals surface area contributed by atoms with E-state index in [9.17, 15) is 9.59 Å². The molecule has 1 aliphatic rings. The zero-order chi connectivity index (χ0) is 19.6. The summed E-state index contributed by atoms with van der Waals surface area (Å²) in [5.41, 5.74) is 0.570. The number of likely N-dealkylation sites (tertiary alicyclic amines) is 1. The maximum atomic E-state index is 12.1. The van der Waals surface area contributed by atoms with Crippen LogP contribution in [0.15, 0.2) is 29.3 Å². The number of piperidine rings is 1. The minimum Gasteiger partial charge on any atom is -0.469 e. The number of halogens is 2. The van der Waals surface area contributed by atoms with Gasteiger partial charge in [0.2, 0.25) is 0 Å². The number of ether oxygens (including phenoxy) is 1. The maximum absolute atomic E-state index is 12.1. The third kappa shape index (κ3) is 7.46. The number of nitrogens with zero attached hydrogens (tertiary/aromatic N) is 2. The molecule has 0 radical (unpaired) electrons. The lowest BCUT2D eigenvalue weighted by atomic mass is 9.97. The van der Waals surface area contributed by atoms with Crippen LogP contribution in [0.2, 0.25) is 5.02 Å². The van der Waals surface area contributed by atoms with Gasteiger partial charge in [-0.05, 0) is 44.0 Å². The monoisotopic (exact) mass is 522 g/mol. The minimum atomic E-state index is -0.147. The summed E-state index contributed by atoms with van der Waals surface area (Å²) in [6.45, 7) is 5.19. The number of hydrogen-bond donors (Lipinski definition) is 2. The number of methoxy groups -OCH3 is 1. The SMILES string of the molecule is CCNC(=NCCNC(=O)c1ccc(Cl)cc1)N1CCC(C(=O)OC)CC1.I. The Labute approximate surface area is 188 Å². The fourth-order valence-corrected chi connectivity index (χ4v) is 3.08. The van der Waals surface area contributed by atoms with Crippen LogP contribution in [0.1, 0.15) is 30.1 Å². The molecule has 2 rings (SSSR count). The van der Waals surface area contributed by atoms with Crippen LogP contribution in [0.25, 0.3) is 0 Å². The number of benzene rings is 1. The molecule has 0 aromatic heterocycles. The van der Waals surface area contributed by atoms with E-state index >= 15 is 0 Å². The van der Waals surface area contributed by atoms with Crippen molar-refractivity contribution in [3.8, 4) is 0 Å². The van der Waals surface area contributed by atoms with E-state index in [-0.39, 0.29) is 41.8 Å². The normalized spacial score (nSPS) is 14.8. The molecular weight excluding hydrogens is 495 g/mol. The van der Waals surface area contributed by atoms with Crippen molar-refractivity contribution >= 4 is 53.4 Å². The van der Waals surface area contributed by atoms with Gasteiger partial charge >= 0.3 is 5.97 Å². The second-order valence-corrected chi connectivity index (χ2v) is 6.72. The van der Waals surface area contributed by atoms with Gasteiger partial charge in [-0.2, -0.15) is 0 Å². The number of guanidine groups is 1. The van der Waals surface area contributed by atoms with Gasteiger partial charge in [0.15, 0.2) is 5.96 Å². The number of hydrogen-bond acceptors (Lipinski definition) is 4. The van der Waals surface area contributed by atoms with Crippen LogP contribution in [0.3, 0.4) is 0 Å². The second kappa shape index (κ2) is 12.8. The summed E-state index contributed by atoms with van der Waals surface area (Å²) in [6, 6.07) is 6.76. The predicted octanol–water partition coefficient (Wildman–Crippen LogP) is 2.54. The minimum absolute atomic E-state index is 0. The zero-order valence-corrected chi connectivity index (χ0v) is 19.3. The fraction of sp³-hybridized carbons (Fsp3) is 0.526. The van der Waals surface area contributed by atoms with Gasteiger partial charge in [0.05, 0.1) is 19.6 Å². The molecule has 0 bridgehead atoms. The van der Waals surface area contributed by atoms with Crippen LogP contribution in [0.5, 0.6) is 0 Å². The van der Waals surface area contributed by atoms with E-state index in [1.165, 1.54) is 7.11 Å². The van der Waals surface area contributed by atoms with Gasteiger partial charge in [-0.1, -0.05) is 11.6 Å². The molecule has 7 nitrogen and oxygen atoms in total. The van der Waals surface area contributed by atoms with Crippen molar-refractivity contribution in [1.29, 1.82) is 0 Å². The summed E-state index contributed by atoms with van der Waals surface area (Å²) in [5, 5.41) is 6.72. The van der Waals surface area contributed by atoms with Gasteiger partial charge in [0, 0.05) is 36.8 Å². The lowest BCUT2D eigenvalue weighted by Crippen LogP contribution is -2.47. The van der Waals surface area contributed by atoms with E-state index in [0.29, 0.717) is 23.7 Å². The van der Waals surface area contributed by atoms with Crippen LogP contribution in [-0.4, -0.2) is 62.6 Å². The average molecular weight is 523 g/mol. The summed E-state index contributed by atoms with van der Waals surface area (Å²) < 4.78 is 4.83. The smallest absolute Gasteiger partial charge is 0.308 e. The van der Waals surface area contributed by atoms with Gasteiger partial charge in [-0.3, -0.25) is 14.6 Å². The molecule has 0 spiro atoms. The first-order chi connectivity index (χ1) is 13.0. The molecule has 0 aliphatic carbocycles. The van der Waals surface area contributed by atoms with Gasteiger partial charge in [-0.25, -0.2) is 0 Å². The highest BCUT2D eigenvalue weighted by molar-refractivity contribution is 14.0. The molecule has 0 unspecified atom stereocenters. The van der Waals surface area contributed by atoms with Crippen LogP contribution in [0, 0.1) is 5.92 Å².